The lowest BCUT2D eigenvalue weighted by molar-refractivity contribution is -0.135. The Kier molecular flexibility index (Phi) is 6.23. The molecule has 31 heavy (non-hydrogen) atoms. The maximum atomic E-state index is 13.4. The first-order chi connectivity index (χ1) is 15.0. The number of likely N-dealkylation sites (tertiary alicyclic amines) is 1. The maximum Gasteiger partial charge on any atom is 0.263 e. The van der Waals surface area contributed by atoms with E-state index in [1.165, 1.54) is 0 Å². The van der Waals surface area contributed by atoms with Crippen molar-refractivity contribution in [2.24, 2.45) is 0 Å². The van der Waals surface area contributed by atoms with Crippen molar-refractivity contribution in [3.05, 3.63) is 69.1 Å². The first-order valence-corrected chi connectivity index (χ1v) is 11.0. The van der Waals surface area contributed by atoms with Crippen LogP contribution in [0.25, 0.3) is 0 Å². The zero-order chi connectivity index (χ0) is 22.0. The Morgan fingerprint density at radius 3 is 2.61 bits per heavy atom. The fourth-order valence-corrected chi connectivity index (χ4v) is 4.68. The van der Waals surface area contributed by atoms with Crippen LogP contribution >= 0.6 is 0 Å². The van der Waals surface area contributed by atoms with Gasteiger partial charge in [-0.05, 0) is 49.3 Å². The summed E-state index contributed by atoms with van der Waals surface area (Å²) in [5.41, 5.74) is 2.70. The van der Waals surface area contributed by atoms with E-state index in [1.54, 1.807) is 15.7 Å². The van der Waals surface area contributed by atoms with Crippen molar-refractivity contribution in [1.82, 2.24) is 14.4 Å². The van der Waals surface area contributed by atoms with Gasteiger partial charge >= 0.3 is 0 Å². The van der Waals surface area contributed by atoms with Crippen LogP contribution in [-0.4, -0.2) is 57.0 Å². The average Bonchev–Trinajstić information content (AvgIpc) is 3.23. The summed E-state index contributed by atoms with van der Waals surface area (Å²) in [5, 5.41) is 9.25. The zero-order valence-electron chi connectivity index (χ0n) is 17.9. The van der Waals surface area contributed by atoms with Crippen molar-refractivity contribution in [3.63, 3.8) is 0 Å². The summed E-state index contributed by atoms with van der Waals surface area (Å²) in [6.45, 7) is 3.31. The van der Waals surface area contributed by atoms with Crippen LogP contribution in [0.4, 0.5) is 0 Å². The van der Waals surface area contributed by atoms with Crippen molar-refractivity contribution >= 4 is 11.8 Å². The number of hydrogen-bond acceptors (Lipinski definition) is 4. The zero-order valence-corrected chi connectivity index (χ0v) is 17.9. The van der Waals surface area contributed by atoms with E-state index < -0.39 is 6.61 Å². The van der Waals surface area contributed by atoms with Crippen LogP contribution in [0.2, 0.25) is 0 Å². The third kappa shape index (κ3) is 4.28. The molecule has 2 amide bonds. The molecule has 1 aromatic heterocycles. The highest BCUT2D eigenvalue weighted by molar-refractivity contribution is 5.96. The van der Waals surface area contributed by atoms with Gasteiger partial charge in [0.05, 0.1) is 0 Å². The number of aliphatic hydroxyl groups excluding tert-OH is 1. The topological polar surface area (TPSA) is 82.9 Å². The van der Waals surface area contributed by atoms with Crippen LogP contribution < -0.4 is 5.56 Å². The molecule has 1 fully saturated rings. The molecular weight excluding hydrogens is 394 g/mol. The van der Waals surface area contributed by atoms with Crippen LogP contribution in [0.5, 0.6) is 0 Å². The number of aromatic nitrogens is 1. The van der Waals surface area contributed by atoms with E-state index in [2.05, 4.69) is 0 Å². The minimum absolute atomic E-state index is 0.122. The Balaban J connectivity index is 1.72. The Morgan fingerprint density at radius 2 is 1.94 bits per heavy atom. The van der Waals surface area contributed by atoms with Crippen molar-refractivity contribution in [3.8, 4) is 0 Å². The number of pyridine rings is 1. The minimum Gasteiger partial charge on any atom is -0.387 e. The fourth-order valence-electron chi connectivity index (χ4n) is 4.68. The number of hydrogen-bond donors (Lipinski definition) is 1. The molecule has 0 radical (unpaired) electrons. The lowest BCUT2D eigenvalue weighted by Gasteiger charge is -2.31. The quantitative estimate of drug-likeness (QED) is 0.792. The van der Waals surface area contributed by atoms with E-state index in [0.29, 0.717) is 39.0 Å². The van der Waals surface area contributed by atoms with Gasteiger partial charge in [0.2, 0.25) is 5.91 Å². The molecule has 1 unspecified atom stereocenters. The largest absolute Gasteiger partial charge is 0.387 e. The monoisotopic (exact) mass is 423 g/mol. The number of fused-ring (bicyclic) bond motifs is 1. The smallest absolute Gasteiger partial charge is 0.263 e. The van der Waals surface area contributed by atoms with Crippen molar-refractivity contribution in [2.75, 3.05) is 19.7 Å². The number of carbonyl (C=O) groups excluding carboxylic acids is 2. The van der Waals surface area contributed by atoms with E-state index in [1.807, 2.05) is 42.2 Å². The van der Waals surface area contributed by atoms with Crippen LogP contribution in [0.1, 0.15) is 46.8 Å². The van der Waals surface area contributed by atoms with Crippen LogP contribution in [0, 0.1) is 0 Å². The summed E-state index contributed by atoms with van der Waals surface area (Å²) in [4.78, 5) is 42.3. The van der Waals surface area contributed by atoms with Gasteiger partial charge in [-0.3, -0.25) is 14.4 Å². The lowest BCUT2D eigenvalue weighted by Crippen LogP contribution is -2.43. The number of nitrogens with zero attached hydrogens (tertiary/aromatic N) is 3. The molecule has 3 heterocycles. The molecule has 164 valence electrons. The molecule has 4 rings (SSSR count). The van der Waals surface area contributed by atoms with Gasteiger partial charge in [-0.1, -0.05) is 30.3 Å². The molecule has 1 saturated heterocycles. The molecule has 7 nitrogen and oxygen atoms in total. The van der Waals surface area contributed by atoms with Crippen LogP contribution in [0.3, 0.4) is 0 Å². The Bertz CT molecular complexity index is 1030. The molecule has 2 aliphatic heterocycles. The minimum atomic E-state index is -0.542. The van der Waals surface area contributed by atoms with Gasteiger partial charge in [-0.2, -0.15) is 0 Å². The summed E-state index contributed by atoms with van der Waals surface area (Å²) >= 11 is 0. The van der Waals surface area contributed by atoms with E-state index in [-0.39, 0.29) is 29.0 Å². The Hall–Kier alpha value is -2.93. The van der Waals surface area contributed by atoms with Crippen molar-refractivity contribution < 1.29 is 14.7 Å². The number of carbonyl (C=O) groups is 2. The Labute approximate surface area is 181 Å². The molecule has 1 aromatic carbocycles. The van der Waals surface area contributed by atoms with Gasteiger partial charge < -0.3 is 19.5 Å². The van der Waals surface area contributed by atoms with Crippen LogP contribution in [-0.2, 0) is 30.7 Å². The normalized spacial score (nSPS) is 18.2. The summed E-state index contributed by atoms with van der Waals surface area (Å²) in [6.07, 6.45) is 4.80. The van der Waals surface area contributed by atoms with E-state index in [4.69, 9.17) is 0 Å². The molecule has 2 aromatic rings. The molecule has 1 atom stereocenters. The molecule has 0 spiro atoms. The third-order valence-corrected chi connectivity index (χ3v) is 6.47. The van der Waals surface area contributed by atoms with Gasteiger partial charge in [0.15, 0.2) is 0 Å². The van der Waals surface area contributed by atoms with Gasteiger partial charge in [0, 0.05) is 38.4 Å². The predicted molar refractivity (Wildman–Crippen MR) is 117 cm³/mol. The Morgan fingerprint density at radius 1 is 1.16 bits per heavy atom. The lowest BCUT2D eigenvalue weighted by atomic mass is 9.95. The summed E-state index contributed by atoms with van der Waals surface area (Å²) < 4.78 is 1.62. The van der Waals surface area contributed by atoms with Gasteiger partial charge in [-0.25, -0.2) is 0 Å². The summed E-state index contributed by atoms with van der Waals surface area (Å²) in [7, 11) is 0. The maximum absolute atomic E-state index is 13.4. The van der Waals surface area contributed by atoms with Crippen molar-refractivity contribution in [1.29, 1.82) is 0 Å². The highest BCUT2D eigenvalue weighted by atomic mass is 16.3. The van der Waals surface area contributed by atoms with Crippen molar-refractivity contribution in [2.45, 2.75) is 51.7 Å². The molecule has 0 aliphatic carbocycles. The summed E-state index contributed by atoms with van der Waals surface area (Å²) in [5.74, 6) is -0.532. The number of benzene rings is 1. The number of aryl methyl sites for hydroxylation is 2. The summed E-state index contributed by atoms with van der Waals surface area (Å²) in [6, 6.07) is 10.0. The highest BCUT2D eigenvalue weighted by Gasteiger charge is 2.33. The fraction of sp³-hybridized carbons (Fsp3) is 0.458. The molecular formula is C24H29N3O4. The molecule has 0 bridgehead atoms. The number of rotatable bonds is 5. The molecule has 7 heteroatoms. The molecule has 1 N–H and O–H groups in total. The first kappa shape index (κ1) is 21.3. The number of amides is 2. The number of aliphatic hydroxyl groups is 1. The van der Waals surface area contributed by atoms with Gasteiger partial charge in [0.25, 0.3) is 11.5 Å². The van der Waals surface area contributed by atoms with Gasteiger partial charge in [0.1, 0.15) is 12.2 Å². The second kappa shape index (κ2) is 9.06. The van der Waals surface area contributed by atoms with E-state index in [0.717, 1.165) is 29.5 Å². The average molecular weight is 424 g/mol. The molecule has 0 saturated carbocycles. The SMILES string of the molecule is CC1CCCN1C(=O)c1c2c(cn(CCc3ccccc3)c1=O)CN(C(=O)CO)CC2. The second-order valence-electron chi connectivity index (χ2n) is 8.46. The second-order valence-corrected chi connectivity index (χ2v) is 8.46. The standard InChI is InChI=1S/C24H29N3O4/c1-17-6-5-11-27(17)24(31)22-20-10-13-25(21(29)16-28)14-19(20)15-26(23(22)30)12-9-18-7-3-2-4-8-18/h2-4,7-8,15,17,28H,5-6,9-14,16H2,1H3. The van der Waals surface area contributed by atoms with Gasteiger partial charge in [-0.15, -0.1) is 0 Å². The third-order valence-electron chi connectivity index (χ3n) is 6.47. The predicted octanol–water partition coefficient (Wildman–Crippen LogP) is 1.59. The molecule has 2 aliphatic rings. The first-order valence-electron chi connectivity index (χ1n) is 11.0. The van der Waals surface area contributed by atoms with E-state index >= 15 is 0 Å². The van der Waals surface area contributed by atoms with E-state index in [9.17, 15) is 19.5 Å². The van der Waals surface area contributed by atoms with Crippen LogP contribution in [0.15, 0.2) is 41.3 Å². The highest BCUT2D eigenvalue weighted by Crippen LogP contribution is 2.25.